The fraction of sp³-hybridized carbons (Fsp3) is 0.800. The molecule has 25 heavy (non-hydrogen) atoms. The van der Waals surface area contributed by atoms with E-state index in [2.05, 4.69) is 6.58 Å². The Bertz CT molecular complexity index is 711. The van der Waals surface area contributed by atoms with Crippen molar-refractivity contribution in [3.05, 3.63) is 12.2 Å². The maximum Gasteiger partial charge on any atom is 0.170 e. The number of hydrogen-bond donors (Lipinski definition) is 2. The van der Waals surface area contributed by atoms with Crippen molar-refractivity contribution < 1.29 is 24.5 Å². The predicted molar refractivity (Wildman–Crippen MR) is 88.5 cm³/mol. The van der Waals surface area contributed by atoms with Crippen LogP contribution in [0, 0.1) is 34.0 Å². The summed E-state index contributed by atoms with van der Waals surface area (Å²) in [6, 6.07) is 0. The number of hydrogen-bond acceptors (Lipinski definition) is 5. The number of aliphatic hydroxyl groups excluding tert-OH is 2. The summed E-state index contributed by atoms with van der Waals surface area (Å²) in [6.45, 7) is 8.32. The topological polar surface area (TPSA) is 83.8 Å². The second kappa shape index (κ2) is 4.44. The molecule has 6 fully saturated rings. The molecule has 0 aromatic rings. The third kappa shape index (κ3) is 1.47. The molecule has 2 N–H and O–H groups in total. The first-order valence-electron chi connectivity index (χ1n) is 9.43. The molecule has 2 saturated heterocycles. The Hall–Kier alpha value is -1.04. The number of ether oxygens (including phenoxy) is 1. The molecule has 2 aliphatic heterocycles. The van der Waals surface area contributed by atoms with Gasteiger partial charge in [-0.15, -0.1) is 0 Å². The van der Waals surface area contributed by atoms with Crippen LogP contribution in [0.15, 0.2) is 12.2 Å². The van der Waals surface area contributed by atoms with Gasteiger partial charge in [0.05, 0.1) is 29.6 Å². The van der Waals surface area contributed by atoms with Gasteiger partial charge in [-0.05, 0) is 42.1 Å². The molecule has 0 amide bonds. The van der Waals surface area contributed by atoms with Crippen LogP contribution in [-0.4, -0.2) is 46.7 Å². The lowest BCUT2D eigenvalue weighted by molar-refractivity contribution is -0.274. The van der Waals surface area contributed by atoms with Gasteiger partial charge < -0.3 is 14.9 Å². The summed E-state index contributed by atoms with van der Waals surface area (Å²) >= 11 is 0. The first-order valence-corrected chi connectivity index (χ1v) is 9.43. The number of rotatable bonds is 0. The average molecular weight is 346 g/mol. The van der Waals surface area contributed by atoms with E-state index in [4.69, 9.17) is 4.74 Å². The molecule has 4 saturated carbocycles. The van der Waals surface area contributed by atoms with Crippen LogP contribution in [0.2, 0.25) is 0 Å². The molecular weight excluding hydrogens is 320 g/mol. The fourth-order valence-electron chi connectivity index (χ4n) is 7.54. The SMILES string of the molecule is C=C1C(O)[C@]23C[C@H]1CC[C@H]2[C@]12CO[C@H](CC1=O)C(C)(C)[C@H]2[C@H](O)C3=O. The van der Waals surface area contributed by atoms with Gasteiger partial charge in [0.15, 0.2) is 5.78 Å². The third-order valence-electron chi connectivity index (χ3n) is 8.64. The minimum Gasteiger partial charge on any atom is -0.388 e. The summed E-state index contributed by atoms with van der Waals surface area (Å²) in [5.41, 5.74) is -1.66. The van der Waals surface area contributed by atoms with Crippen molar-refractivity contribution in [2.75, 3.05) is 6.61 Å². The van der Waals surface area contributed by atoms with Crippen LogP contribution in [0.1, 0.15) is 39.5 Å². The average Bonchev–Trinajstić information content (AvgIpc) is 2.76. The predicted octanol–water partition coefficient (Wildman–Crippen LogP) is 1.26. The summed E-state index contributed by atoms with van der Waals surface area (Å²) < 4.78 is 6.07. The Kier molecular flexibility index (Phi) is 2.87. The van der Waals surface area contributed by atoms with Crippen molar-refractivity contribution in [3.63, 3.8) is 0 Å². The Balaban J connectivity index is 1.76. The van der Waals surface area contributed by atoms with Crippen LogP contribution in [0.4, 0.5) is 0 Å². The van der Waals surface area contributed by atoms with E-state index in [0.29, 0.717) is 24.8 Å². The van der Waals surface area contributed by atoms with Crippen molar-refractivity contribution in [2.45, 2.75) is 57.8 Å². The number of aliphatic hydroxyl groups is 2. The number of carbonyl (C=O) groups excluding carboxylic acids is 2. The van der Waals surface area contributed by atoms with Gasteiger partial charge in [0, 0.05) is 12.3 Å². The van der Waals surface area contributed by atoms with Crippen LogP contribution in [0.5, 0.6) is 0 Å². The lowest BCUT2D eigenvalue weighted by Gasteiger charge is -2.68. The van der Waals surface area contributed by atoms with Gasteiger partial charge in [-0.1, -0.05) is 20.4 Å². The van der Waals surface area contributed by atoms with E-state index in [1.165, 1.54) is 0 Å². The lowest BCUT2D eigenvalue weighted by atomic mass is 9.37. The zero-order chi connectivity index (χ0) is 17.9. The summed E-state index contributed by atoms with van der Waals surface area (Å²) in [4.78, 5) is 26.7. The third-order valence-corrected chi connectivity index (χ3v) is 8.64. The van der Waals surface area contributed by atoms with Crippen LogP contribution >= 0.6 is 0 Å². The van der Waals surface area contributed by atoms with Crippen molar-refractivity contribution in [1.29, 1.82) is 0 Å². The Morgan fingerprint density at radius 1 is 1.16 bits per heavy atom. The molecule has 0 aromatic heterocycles. The Morgan fingerprint density at radius 2 is 1.88 bits per heavy atom. The monoisotopic (exact) mass is 346 g/mol. The first-order chi connectivity index (χ1) is 11.7. The van der Waals surface area contributed by atoms with Crippen LogP contribution in [0.3, 0.4) is 0 Å². The van der Waals surface area contributed by atoms with Gasteiger partial charge in [0.1, 0.15) is 11.9 Å². The van der Waals surface area contributed by atoms with Gasteiger partial charge in [-0.25, -0.2) is 0 Å². The molecule has 8 atom stereocenters. The van der Waals surface area contributed by atoms with Gasteiger partial charge >= 0.3 is 0 Å². The number of ketones is 2. The van der Waals surface area contributed by atoms with E-state index in [-0.39, 0.29) is 36.1 Å². The van der Waals surface area contributed by atoms with E-state index >= 15 is 0 Å². The van der Waals surface area contributed by atoms with Crippen molar-refractivity contribution in [2.24, 2.45) is 34.0 Å². The van der Waals surface area contributed by atoms with Gasteiger partial charge in [-0.3, -0.25) is 9.59 Å². The highest BCUT2D eigenvalue weighted by Gasteiger charge is 2.78. The maximum atomic E-state index is 13.4. The van der Waals surface area contributed by atoms with Gasteiger partial charge in [0.2, 0.25) is 0 Å². The standard InChI is InChI=1S/C20H26O5/c1-9-10-4-5-11-19(7-10,16(9)23)17(24)14(22)15-18(2,3)13-6-12(21)20(11,15)8-25-13/h10-11,13-16,22-23H,1,4-8H2,2-3H3/t10-,11-,13-,14+,15-,16?,19+,20-/m1/s1. The molecule has 6 aliphatic rings. The van der Waals surface area contributed by atoms with E-state index < -0.39 is 34.4 Å². The summed E-state index contributed by atoms with van der Waals surface area (Å²) in [5, 5.41) is 22.1. The van der Waals surface area contributed by atoms with Crippen molar-refractivity contribution >= 4 is 11.6 Å². The zero-order valence-corrected chi connectivity index (χ0v) is 14.8. The van der Waals surface area contributed by atoms with Crippen LogP contribution < -0.4 is 0 Å². The molecule has 4 bridgehead atoms. The second-order valence-corrected chi connectivity index (χ2v) is 9.62. The molecule has 1 unspecified atom stereocenters. The molecule has 4 aliphatic carbocycles. The lowest BCUT2D eigenvalue weighted by Crippen LogP contribution is -2.77. The highest BCUT2D eigenvalue weighted by Crippen LogP contribution is 2.71. The molecule has 5 heteroatoms. The van der Waals surface area contributed by atoms with Crippen molar-refractivity contribution in [1.82, 2.24) is 0 Å². The Morgan fingerprint density at radius 3 is 2.56 bits per heavy atom. The molecule has 136 valence electrons. The van der Waals surface area contributed by atoms with E-state index in [9.17, 15) is 19.8 Å². The highest BCUT2D eigenvalue weighted by atomic mass is 16.5. The maximum absolute atomic E-state index is 13.4. The van der Waals surface area contributed by atoms with Gasteiger partial charge in [0.25, 0.3) is 0 Å². The molecule has 0 radical (unpaired) electrons. The molecule has 0 aromatic carbocycles. The quantitative estimate of drug-likeness (QED) is 0.645. The second-order valence-electron chi connectivity index (χ2n) is 9.62. The molecule has 6 rings (SSSR count). The normalized spacial score (nSPS) is 55.9. The first kappa shape index (κ1) is 16.2. The van der Waals surface area contributed by atoms with Gasteiger partial charge in [-0.2, -0.15) is 0 Å². The summed E-state index contributed by atoms with van der Waals surface area (Å²) in [6.07, 6.45) is -0.0122. The smallest absolute Gasteiger partial charge is 0.170 e. The van der Waals surface area contributed by atoms with E-state index in [0.717, 1.165) is 6.42 Å². The Labute approximate surface area is 147 Å². The van der Waals surface area contributed by atoms with Crippen LogP contribution in [-0.2, 0) is 14.3 Å². The number of Topliss-reactive ketones (excluding diaryl/α,β-unsaturated/α-hetero) is 2. The van der Waals surface area contributed by atoms with E-state index in [1.807, 2.05) is 13.8 Å². The summed E-state index contributed by atoms with van der Waals surface area (Å²) in [7, 11) is 0. The molecular formula is C20H26O5. The minimum absolute atomic E-state index is 0.110. The molecule has 2 heterocycles. The molecule has 5 nitrogen and oxygen atoms in total. The van der Waals surface area contributed by atoms with E-state index in [1.54, 1.807) is 0 Å². The zero-order valence-electron chi connectivity index (χ0n) is 14.8. The molecule has 2 spiro atoms. The van der Waals surface area contributed by atoms with Crippen LogP contribution in [0.25, 0.3) is 0 Å². The highest BCUT2D eigenvalue weighted by molar-refractivity contribution is 5.98. The number of fused-ring (bicyclic) bond motifs is 3. The number of carbonyl (C=O) groups is 2. The minimum atomic E-state index is -1.22. The van der Waals surface area contributed by atoms with Crippen molar-refractivity contribution in [3.8, 4) is 0 Å². The largest absolute Gasteiger partial charge is 0.388 e. The summed E-state index contributed by atoms with van der Waals surface area (Å²) in [5.74, 6) is -0.732. The fourth-order valence-corrected chi connectivity index (χ4v) is 7.54.